The molecule has 2 atom stereocenters. The van der Waals surface area contributed by atoms with Gasteiger partial charge in [-0.3, -0.25) is 0 Å². The lowest BCUT2D eigenvalue weighted by atomic mass is 9.98. The molecule has 23 heavy (non-hydrogen) atoms. The van der Waals surface area contributed by atoms with Crippen LogP contribution in [-0.4, -0.2) is 41.2 Å². The largest absolute Gasteiger partial charge is 0.387 e. The molecule has 0 saturated carbocycles. The van der Waals surface area contributed by atoms with Gasteiger partial charge in [-0.1, -0.05) is 17.4 Å². The van der Waals surface area contributed by atoms with Crippen molar-refractivity contribution in [2.24, 2.45) is 10.2 Å². The number of aliphatic hydroxyl groups excluding tert-OH is 1. The van der Waals surface area contributed by atoms with Crippen molar-refractivity contribution in [2.75, 3.05) is 14.1 Å². The van der Waals surface area contributed by atoms with Gasteiger partial charge in [-0.15, -0.1) is 22.9 Å². The van der Waals surface area contributed by atoms with Crippen LogP contribution in [-0.2, 0) is 0 Å². The Balaban J connectivity index is 1.84. The molecule has 0 fully saturated rings. The van der Waals surface area contributed by atoms with E-state index in [1.165, 1.54) is 11.3 Å². The van der Waals surface area contributed by atoms with E-state index in [0.29, 0.717) is 10.8 Å². The summed E-state index contributed by atoms with van der Waals surface area (Å²) in [6, 6.07) is 5.75. The van der Waals surface area contributed by atoms with Gasteiger partial charge < -0.3 is 10.0 Å². The maximum absolute atomic E-state index is 10.2. The fourth-order valence-electron chi connectivity index (χ4n) is 2.44. The molecule has 0 amide bonds. The van der Waals surface area contributed by atoms with Gasteiger partial charge in [0.25, 0.3) is 0 Å². The van der Waals surface area contributed by atoms with Crippen molar-refractivity contribution in [1.29, 1.82) is 0 Å². The van der Waals surface area contributed by atoms with Gasteiger partial charge in [0.1, 0.15) is 0 Å². The van der Waals surface area contributed by atoms with Gasteiger partial charge in [0, 0.05) is 4.90 Å². The molecule has 1 aliphatic rings. The number of thiol groups is 1. The molecule has 1 heterocycles. The van der Waals surface area contributed by atoms with Crippen LogP contribution in [0.2, 0.25) is 0 Å². The summed E-state index contributed by atoms with van der Waals surface area (Å²) < 4.78 is 1.03. The first-order valence-electron chi connectivity index (χ1n) is 7.20. The number of aliphatic hydroxyl groups is 1. The zero-order valence-corrected chi connectivity index (χ0v) is 14.8. The predicted molar refractivity (Wildman–Crippen MR) is 96.7 cm³/mol. The van der Waals surface area contributed by atoms with Crippen LogP contribution < -0.4 is 0 Å². The highest BCUT2D eigenvalue weighted by Gasteiger charge is 2.23. The van der Waals surface area contributed by atoms with E-state index in [9.17, 15) is 5.11 Å². The summed E-state index contributed by atoms with van der Waals surface area (Å²) in [6.45, 7) is 1.97. The first kappa shape index (κ1) is 16.3. The van der Waals surface area contributed by atoms with Crippen LogP contribution in [0.1, 0.15) is 6.92 Å². The van der Waals surface area contributed by atoms with Gasteiger partial charge in [0.05, 0.1) is 28.1 Å². The van der Waals surface area contributed by atoms with Crippen molar-refractivity contribution in [1.82, 2.24) is 9.88 Å². The Labute approximate surface area is 144 Å². The second kappa shape index (κ2) is 6.52. The standard InChI is InChI=1S/C16H18N4OS2/c1-9-6-13(20(2)3)14(21)8-12(9)18-19-16-17-11-5-4-10(22)7-15(11)23-16/h4-8,13-14,21-22H,1-3H3. The molecule has 0 radical (unpaired) electrons. The fraction of sp³-hybridized carbons (Fsp3) is 0.312. The number of hydrogen-bond acceptors (Lipinski definition) is 7. The van der Waals surface area contributed by atoms with E-state index < -0.39 is 6.10 Å². The average molecular weight is 346 g/mol. The van der Waals surface area contributed by atoms with E-state index in [2.05, 4.69) is 27.8 Å². The molecule has 2 unspecified atom stereocenters. The summed E-state index contributed by atoms with van der Waals surface area (Å²) in [5.41, 5.74) is 2.57. The molecule has 0 saturated heterocycles. The number of allylic oxidation sites excluding steroid dienone is 1. The molecule has 120 valence electrons. The third-order valence-corrected chi connectivity index (χ3v) is 4.88. The highest BCUT2D eigenvalue weighted by atomic mass is 32.1. The molecule has 7 heteroatoms. The van der Waals surface area contributed by atoms with Crippen LogP contribution in [0.5, 0.6) is 0 Å². The number of likely N-dealkylation sites (N-methyl/N-ethyl adjacent to an activating group) is 1. The van der Waals surface area contributed by atoms with E-state index in [4.69, 9.17) is 0 Å². The lowest BCUT2D eigenvalue weighted by molar-refractivity contribution is 0.136. The van der Waals surface area contributed by atoms with Crippen LogP contribution in [0.4, 0.5) is 5.13 Å². The number of rotatable bonds is 3. The maximum Gasteiger partial charge on any atom is 0.231 e. The second-order valence-corrected chi connectivity index (χ2v) is 7.22. The van der Waals surface area contributed by atoms with E-state index in [1.807, 2.05) is 50.2 Å². The molecular weight excluding hydrogens is 328 g/mol. The summed E-state index contributed by atoms with van der Waals surface area (Å²) in [7, 11) is 3.88. The molecular formula is C16H18N4OS2. The Kier molecular flexibility index (Phi) is 4.63. The normalized spacial score (nSPS) is 22.0. The molecule has 1 aliphatic carbocycles. The van der Waals surface area contributed by atoms with Crippen LogP contribution in [0.15, 0.2) is 56.7 Å². The Hall–Kier alpha value is -1.54. The molecule has 0 spiro atoms. The van der Waals surface area contributed by atoms with Crippen molar-refractivity contribution < 1.29 is 5.11 Å². The highest BCUT2D eigenvalue weighted by Crippen LogP contribution is 2.31. The van der Waals surface area contributed by atoms with Gasteiger partial charge in [0.15, 0.2) is 0 Å². The maximum atomic E-state index is 10.2. The topological polar surface area (TPSA) is 61.1 Å². The average Bonchev–Trinajstić information content (AvgIpc) is 2.89. The van der Waals surface area contributed by atoms with E-state index in [-0.39, 0.29) is 6.04 Å². The van der Waals surface area contributed by atoms with Crippen molar-refractivity contribution in [2.45, 2.75) is 24.0 Å². The van der Waals surface area contributed by atoms with Gasteiger partial charge in [-0.25, -0.2) is 4.98 Å². The van der Waals surface area contributed by atoms with Gasteiger partial charge >= 0.3 is 0 Å². The summed E-state index contributed by atoms with van der Waals surface area (Å²) >= 11 is 5.80. The Bertz CT molecular complexity index is 823. The smallest absolute Gasteiger partial charge is 0.231 e. The number of fused-ring (bicyclic) bond motifs is 1. The van der Waals surface area contributed by atoms with Gasteiger partial charge in [-0.05, 0) is 50.9 Å². The number of aromatic nitrogens is 1. The highest BCUT2D eigenvalue weighted by molar-refractivity contribution is 7.80. The number of thiazole rings is 1. The third-order valence-electron chi connectivity index (χ3n) is 3.70. The minimum absolute atomic E-state index is 0.0368. The lowest BCUT2D eigenvalue weighted by Crippen LogP contribution is -2.38. The first-order valence-corrected chi connectivity index (χ1v) is 8.47. The molecule has 1 aromatic carbocycles. The third kappa shape index (κ3) is 3.53. The minimum atomic E-state index is -0.593. The number of nitrogens with zero attached hydrogens (tertiary/aromatic N) is 4. The van der Waals surface area contributed by atoms with Crippen LogP contribution in [0.3, 0.4) is 0 Å². The predicted octanol–water partition coefficient (Wildman–Crippen LogP) is 3.80. The van der Waals surface area contributed by atoms with E-state index in [0.717, 1.165) is 20.7 Å². The van der Waals surface area contributed by atoms with Crippen molar-refractivity contribution >= 4 is 39.3 Å². The SMILES string of the molecule is CC1=CC(N(C)C)C(O)C=C1N=Nc1nc2ccc(S)cc2s1. The molecule has 0 bridgehead atoms. The van der Waals surface area contributed by atoms with Crippen molar-refractivity contribution in [3.8, 4) is 0 Å². The minimum Gasteiger partial charge on any atom is -0.387 e. The Morgan fingerprint density at radius 1 is 1.26 bits per heavy atom. The molecule has 1 N–H and O–H groups in total. The van der Waals surface area contributed by atoms with E-state index in [1.54, 1.807) is 6.08 Å². The monoisotopic (exact) mass is 346 g/mol. The number of benzene rings is 1. The number of azo groups is 1. The van der Waals surface area contributed by atoms with Crippen molar-refractivity contribution in [3.63, 3.8) is 0 Å². The Morgan fingerprint density at radius 3 is 2.78 bits per heavy atom. The summed E-state index contributed by atoms with van der Waals surface area (Å²) in [4.78, 5) is 7.30. The summed E-state index contributed by atoms with van der Waals surface area (Å²) in [6.07, 6.45) is 3.15. The molecule has 3 rings (SSSR count). The Morgan fingerprint density at radius 2 is 2.04 bits per heavy atom. The fourth-order valence-corrected chi connectivity index (χ4v) is 3.56. The molecule has 5 nitrogen and oxygen atoms in total. The zero-order chi connectivity index (χ0) is 16.6. The molecule has 0 aliphatic heterocycles. The lowest BCUT2D eigenvalue weighted by Gasteiger charge is -2.28. The van der Waals surface area contributed by atoms with Gasteiger partial charge in [-0.2, -0.15) is 0 Å². The number of hydrogen-bond donors (Lipinski definition) is 2. The zero-order valence-electron chi connectivity index (χ0n) is 13.1. The first-order chi connectivity index (χ1) is 10.9. The summed E-state index contributed by atoms with van der Waals surface area (Å²) in [5.74, 6) is 0. The van der Waals surface area contributed by atoms with E-state index >= 15 is 0 Å². The quantitative estimate of drug-likeness (QED) is 0.656. The molecule has 2 aromatic rings. The van der Waals surface area contributed by atoms with Crippen molar-refractivity contribution in [3.05, 3.63) is 41.6 Å². The summed E-state index contributed by atoms with van der Waals surface area (Å²) in [5, 5.41) is 19.3. The van der Waals surface area contributed by atoms with Crippen LogP contribution in [0.25, 0.3) is 10.2 Å². The molecule has 1 aromatic heterocycles. The van der Waals surface area contributed by atoms with Crippen LogP contribution >= 0.6 is 24.0 Å². The van der Waals surface area contributed by atoms with Crippen LogP contribution in [0, 0.1) is 0 Å². The second-order valence-electron chi connectivity index (χ2n) is 5.69. The van der Waals surface area contributed by atoms with Gasteiger partial charge in [0.2, 0.25) is 5.13 Å².